The van der Waals surface area contributed by atoms with Crippen molar-refractivity contribution >= 4 is 15.9 Å². The summed E-state index contributed by atoms with van der Waals surface area (Å²) in [5.41, 5.74) is 4.47. The van der Waals surface area contributed by atoms with Gasteiger partial charge in [-0.25, -0.2) is 4.39 Å². The minimum atomic E-state index is -1.57. The van der Waals surface area contributed by atoms with Crippen molar-refractivity contribution in [2.45, 2.75) is 25.1 Å². The maximum absolute atomic E-state index is 15.3. The van der Waals surface area contributed by atoms with Gasteiger partial charge in [0.15, 0.2) is 5.67 Å². The highest BCUT2D eigenvalue weighted by atomic mass is 79.9. The van der Waals surface area contributed by atoms with Crippen molar-refractivity contribution in [3.8, 4) is 0 Å². The molecule has 1 heterocycles. The molecule has 1 rings (SSSR count). The first-order valence-corrected chi connectivity index (χ1v) is 7.48. The zero-order valence-corrected chi connectivity index (χ0v) is 14.0. The van der Waals surface area contributed by atoms with Gasteiger partial charge in [-0.05, 0) is 49.4 Å². The number of nitrogens with zero attached hydrogens (tertiary/aromatic N) is 3. The smallest absolute Gasteiger partial charge is 0.176 e. The Kier molecular flexibility index (Phi) is 7.08. The monoisotopic (exact) mass is 350 g/mol. The minimum absolute atomic E-state index is 0.000736. The number of aromatic nitrogens is 2. The van der Waals surface area contributed by atoms with E-state index in [0.717, 1.165) is 6.54 Å². The van der Waals surface area contributed by atoms with Gasteiger partial charge in [0.2, 0.25) is 0 Å². The summed E-state index contributed by atoms with van der Waals surface area (Å²) >= 11 is 3.40. The average molecular weight is 351 g/mol. The fraction of sp³-hybridized carbons (Fsp3) is 0.769. The number of nitrogens with two attached hydrogens (primary N) is 1. The largest absolute Gasteiger partial charge is 0.381 e. The highest BCUT2D eigenvalue weighted by Gasteiger charge is 2.37. The SMILES string of the molecule is COCC(F)(CCCN)c1c(Br)cnn1CCN(C)C. The van der Waals surface area contributed by atoms with Gasteiger partial charge < -0.3 is 15.4 Å². The Labute approximate surface area is 128 Å². The average Bonchev–Trinajstić information content (AvgIpc) is 2.76. The summed E-state index contributed by atoms with van der Waals surface area (Å²) in [5.74, 6) is 0. The summed E-state index contributed by atoms with van der Waals surface area (Å²) < 4.78 is 22.8. The van der Waals surface area contributed by atoms with E-state index in [1.165, 1.54) is 7.11 Å². The van der Waals surface area contributed by atoms with Crippen LogP contribution in [0.25, 0.3) is 0 Å². The Balaban J connectivity index is 3.02. The van der Waals surface area contributed by atoms with Crippen molar-refractivity contribution < 1.29 is 9.13 Å². The molecule has 2 N–H and O–H groups in total. The maximum Gasteiger partial charge on any atom is 0.176 e. The molecule has 0 saturated carbocycles. The van der Waals surface area contributed by atoms with Gasteiger partial charge in [-0.3, -0.25) is 4.68 Å². The van der Waals surface area contributed by atoms with Crippen LogP contribution in [0.15, 0.2) is 10.7 Å². The summed E-state index contributed by atoms with van der Waals surface area (Å²) in [6.07, 6.45) is 2.56. The van der Waals surface area contributed by atoms with Crippen LogP contribution in [0.4, 0.5) is 4.39 Å². The second kappa shape index (κ2) is 8.07. The molecule has 0 aliphatic heterocycles. The molecule has 0 radical (unpaired) electrons. The number of rotatable bonds is 9. The third-order valence-corrected chi connectivity index (χ3v) is 3.71. The molecule has 20 heavy (non-hydrogen) atoms. The van der Waals surface area contributed by atoms with Crippen LogP contribution in [0.5, 0.6) is 0 Å². The molecule has 0 spiro atoms. The van der Waals surface area contributed by atoms with Crippen LogP contribution < -0.4 is 5.73 Å². The Morgan fingerprint density at radius 3 is 2.80 bits per heavy atom. The molecule has 0 bridgehead atoms. The van der Waals surface area contributed by atoms with E-state index in [0.29, 0.717) is 36.1 Å². The lowest BCUT2D eigenvalue weighted by atomic mass is 9.96. The molecule has 1 aromatic rings. The first-order valence-electron chi connectivity index (χ1n) is 6.69. The molecule has 0 aliphatic rings. The molecule has 0 amide bonds. The molecule has 116 valence electrons. The fourth-order valence-electron chi connectivity index (χ4n) is 2.14. The third-order valence-electron chi connectivity index (χ3n) is 3.13. The third kappa shape index (κ3) is 4.51. The first-order chi connectivity index (χ1) is 9.44. The number of alkyl halides is 1. The van der Waals surface area contributed by atoms with Gasteiger partial charge in [0.25, 0.3) is 0 Å². The molecule has 5 nitrogen and oxygen atoms in total. The van der Waals surface area contributed by atoms with Crippen LogP contribution in [0.2, 0.25) is 0 Å². The number of likely N-dealkylation sites (N-methyl/N-ethyl adjacent to an activating group) is 1. The minimum Gasteiger partial charge on any atom is -0.381 e. The fourth-order valence-corrected chi connectivity index (χ4v) is 2.79. The zero-order chi connectivity index (χ0) is 15.2. The quantitative estimate of drug-likeness (QED) is 0.737. The van der Waals surface area contributed by atoms with Crippen molar-refractivity contribution in [3.63, 3.8) is 0 Å². The molecule has 1 aromatic heterocycles. The number of hydrogen-bond donors (Lipinski definition) is 1. The molecule has 7 heteroatoms. The summed E-state index contributed by atoms with van der Waals surface area (Å²) in [6, 6.07) is 0. The Hall–Kier alpha value is -0.500. The highest BCUT2D eigenvalue weighted by Crippen LogP contribution is 2.36. The van der Waals surface area contributed by atoms with Crippen LogP contribution in [0.1, 0.15) is 18.5 Å². The summed E-state index contributed by atoms with van der Waals surface area (Å²) in [7, 11) is 5.46. The topological polar surface area (TPSA) is 56.3 Å². The second-order valence-electron chi connectivity index (χ2n) is 5.16. The van der Waals surface area contributed by atoms with Crippen LogP contribution in [0, 0.1) is 0 Å². The Morgan fingerprint density at radius 1 is 1.55 bits per heavy atom. The van der Waals surface area contributed by atoms with E-state index in [9.17, 15) is 0 Å². The van der Waals surface area contributed by atoms with E-state index < -0.39 is 5.67 Å². The zero-order valence-electron chi connectivity index (χ0n) is 12.4. The van der Waals surface area contributed by atoms with Crippen molar-refractivity contribution in [2.75, 3.05) is 40.9 Å². The van der Waals surface area contributed by atoms with E-state index in [4.69, 9.17) is 10.5 Å². The van der Waals surface area contributed by atoms with Crippen LogP contribution >= 0.6 is 15.9 Å². The van der Waals surface area contributed by atoms with E-state index in [1.54, 1.807) is 10.9 Å². The van der Waals surface area contributed by atoms with Crippen LogP contribution in [0.3, 0.4) is 0 Å². The molecule has 1 atom stereocenters. The van der Waals surface area contributed by atoms with Crippen LogP contribution in [-0.4, -0.2) is 55.6 Å². The molecule has 0 aliphatic carbocycles. The van der Waals surface area contributed by atoms with E-state index in [2.05, 4.69) is 21.0 Å². The highest BCUT2D eigenvalue weighted by molar-refractivity contribution is 9.10. The molecule has 0 fully saturated rings. The lowest BCUT2D eigenvalue weighted by molar-refractivity contribution is 0.0227. The number of methoxy groups -OCH3 is 1. The summed E-state index contributed by atoms with van der Waals surface area (Å²) in [5, 5.41) is 4.26. The second-order valence-corrected chi connectivity index (χ2v) is 6.01. The summed E-state index contributed by atoms with van der Waals surface area (Å²) in [6.45, 7) is 1.88. The van der Waals surface area contributed by atoms with Crippen LogP contribution in [-0.2, 0) is 17.0 Å². The molecule has 1 unspecified atom stereocenters. The molecular weight excluding hydrogens is 327 g/mol. The van der Waals surface area contributed by atoms with Gasteiger partial charge in [0.1, 0.15) is 0 Å². The number of halogens is 2. The standard InChI is InChI=1S/C13H24BrFN4O/c1-18(2)7-8-19-12(11(14)9-17-19)13(15,10-20-3)5-4-6-16/h9H,4-8,10,16H2,1-3H3. The number of hydrogen-bond acceptors (Lipinski definition) is 4. The van der Waals surface area contributed by atoms with Crippen molar-refractivity contribution in [1.82, 2.24) is 14.7 Å². The van der Waals surface area contributed by atoms with Gasteiger partial charge in [0, 0.05) is 13.7 Å². The van der Waals surface area contributed by atoms with Crippen molar-refractivity contribution in [2.24, 2.45) is 5.73 Å². The van der Waals surface area contributed by atoms with Gasteiger partial charge >= 0.3 is 0 Å². The number of ether oxygens (including phenoxy) is 1. The van der Waals surface area contributed by atoms with Gasteiger partial charge in [-0.1, -0.05) is 0 Å². The van der Waals surface area contributed by atoms with E-state index in [-0.39, 0.29) is 6.61 Å². The maximum atomic E-state index is 15.3. The molecule has 0 aromatic carbocycles. The van der Waals surface area contributed by atoms with Crippen molar-refractivity contribution in [1.29, 1.82) is 0 Å². The predicted octanol–water partition coefficient (Wildman–Crippen LogP) is 1.76. The first kappa shape index (κ1) is 17.6. The normalized spacial score (nSPS) is 14.8. The van der Waals surface area contributed by atoms with Gasteiger partial charge in [-0.2, -0.15) is 5.10 Å². The Morgan fingerprint density at radius 2 is 2.25 bits per heavy atom. The van der Waals surface area contributed by atoms with Crippen molar-refractivity contribution in [3.05, 3.63) is 16.4 Å². The van der Waals surface area contributed by atoms with Gasteiger partial charge in [-0.15, -0.1) is 0 Å². The van der Waals surface area contributed by atoms with E-state index in [1.807, 2.05) is 19.0 Å². The van der Waals surface area contributed by atoms with E-state index >= 15 is 4.39 Å². The lowest BCUT2D eigenvalue weighted by Gasteiger charge is -2.26. The predicted molar refractivity (Wildman–Crippen MR) is 81.4 cm³/mol. The Bertz CT molecular complexity index is 413. The van der Waals surface area contributed by atoms with Gasteiger partial charge in [0.05, 0.1) is 29.5 Å². The summed E-state index contributed by atoms with van der Waals surface area (Å²) in [4.78, 5) is 2.04. The molecular formula is C13H24BrFN4O. The lowest BCUT2D eigenvalue weighted by Crippen LogP contribution is -2.32. The molecule has 0 saturated heterocycles.